The Bertz CT molecular complexity index is 725. The van der Waals surface area contributed by atoms with Crippen LogP contribution in [0.1, 0.15) is 35.1 Å². The molecule has 0 bridgehead atoms. The van der Waals surface area contributed by atoms with Crippen molar-refractivity contribution < 1.29 is 9.53 Å². The van der Waals surface area contributed by atoms with E-state index in [4.69, 9.17) is 4.74 Å². The normalized spacial score (nSPS) is 15.0. The van der Waals surface area contributed by atoms with Crippen molar-refractivity contribution in [3.05, 3.63) is 71.6 Å². The molecule has 1 aliphatic rings. The number of pyridine rings is 1. The SMILES string of the molecule is CCOC(=O)c1cccc(C2=CCN(Cc3ccccc3)CC2)n1. The summed E-state index contributed by atoms with van der Waals surface area (Å²) in [5, 5.41) is 0. The number of hydrogen-bond donors (Lipinski definition) is 0. The number of carbonyl (C=O) groups excluding carboxylic acids is 1. The second-order valence-electron chi connectivity index (χ2n) is 5.83. The van der Waals surface area contributed by atoms with Crippen LogP contribution in [0.15, 0.2) is 54.6 Å². The van der Waals surface area contributed by atoms with E-state index in [0.29, 0.717) is 12.3 Å². The first-order valence-electron chi connectivity index (χ1n) is 8.36. The zero-order valence-electron chi connectivity index (χ0n) is 13.9. The van der Waals surface area contributed by atoms with Gasteiger partial charge in [0.15, 0.2) is 0 Å². The Morgan fingerprint density at radius 1 is 1.17 bits per heavy atom. The lowest BCUT2D eigenvalue weighted by molar-refractivity contribution is 0.0519. The molecule has 4 heteroatoms. The van der Waals surface area contributed by atoms with Crippen molar-refractivity contribution in [2.24, 2.45) is 0 Å². The molecule has 0 N–H and O–H groups in total. The first kappa shape index (κ1) is 16.4. The fraction of sp³-hybridized carbons (Fsp3) is 0.300. The summed E-state index contributed by atoms with van der Waals surface area (Å²) in [6, 6.07) is 16.0. The highest BCUT2D eigenvalue weighted by Gasteiger charge is 2.16. The maximum absolute atomic E-state index is 11.8. The molecule has 2 heterocycles. The number of ether oxygens (including phenoxy) is 1. The summed E-state index contributed by atoms with van der Waals surface area (Å²) in [4.78, 5) is 18.7. The van der Waals surface area contributed by atoms with Crippen LogP contribution in [0.2, 0.25) is 0 Å². The van der Waals surface area contributed by atoms with Crippen LogP contribution in [-0.2, 0) is 11.3 Å². The van der Waals surface area contributed by atoms with Crippen LogP contribution in [0.3, 0.4) is 0 Å². The lowest BCUT2D eigenvalue weighted by Crippen LogP contribution is -2.28. The molecule has 124 valence electrons. The molecule has 0 amide bonds. The number of hydrogen-bond acceptors (Lipinski definition) is 4. The van der Waals surface area contributed by atoms with Crippen LogP contribution in [0.5, 0.6) is 0 Å². The van der Waals surface area contributed by atoms with Gasteiger partial charge in [-0.3, -0.25) is 4.90 Å². The van der Waals surface area contributed by atoms with Crippen LogP contribution >= 0.6 is 0 Å². The van der Waals surface area contributed by atoms with Gasteiger partial charge in [-0.25, -0.2) is 9.78 Å². The second-order valence-corrected chi connectivity index (χ2v) is 5.83. The Balaban J connectivity index is 1.66. The maximum Gasteiger partial charge on any atom is 0.356 e. The quantitative estimate of drug-likeness (QED) is 0.790. The molecule has 1 aromatic carbocycles. The van der Waals surface area contributed by atoms with Gasteiger partial charge in [-0.2, -0.15) is 0 Å². The van der Waals surface area contributed by atoms with E-state index in [9.17, 15) is 4.79 Å². The summed E-state index contributed by atoms with van der Waals surface area (Å²) in [5.41, 5.74) is 3.78. The van der Waals surface area contributed by atoms with Crippen molar-refractivity contribution in [3.8, 4) is 0 Å². The minimum Gasteiger partial charge on any atom is -0.461 e. The van der Waals surface area contributed by atoms with E-state index < -0.39 is 0 Å². The first-order valence-corrected chi connectivity index (χ1v) is 8.36. The maximum atomic E-state index is 11.8. The number of rotatable bonds is 5. The van der Waals surface area contributed by atoms with Gasteiger partial charge in [0, 0.05) is 19.6 Å². The van der Waals surface area contributed by atoms with Crippen molar-refractivity contribution in [3.63, 3.8) is 0 Å². The third-order valence-corrected chi connectivity index (χ3v) is 4.10. The summed E-state index contributed by atoms with van der Waals surface area (Å²) in [6.07, 6.45) is 3.15. The monoisotopic (exact) mass is 322 g/mol. The molecular weight excluding hydrogens is 300 g/mol. The third kappa shape index (κ3) is 4.09. The van der Waals surface area contributed by atoms with Crippen LogP contribution in [-0.4, -0.2) is 35.5 Å². The molecule has 2 aromatic rings. The van der Waals surface area contributed by atoms with Gasteiger partial charge >= 0.3 is 5.97 Å². The van der Waals surface area contributed by atoms with Gasteiger partial charge in [-0.15, -0.1) is 0 Å². The van der Waals surface area contributed by atoms with Gasteiger partial charge in [0.25, 0.3) is 0 Å². The Kier molecular flexibility index (Phi) is 5.39. The number of benzene rings is 1. The molecule has 1 aliphatic heterocycles. The number of aromatic nitrogens is 1. The molecule has 0 aliphatic carbocycles. The summed E-state index contributed by atoms with van der Waals surface area (Å²) in [5.74, 6) is -0.360. The zero-order valence-corrected chi connectivity index (χ0v) is 13.9. The average molecular weight is 322 g/mol. The number of carbonyl (C=O) groups is 1. The second kappa shape index (κ2) is 7.88. The molecule has 0 saturated heterocycles. The summed E-state index contributed by atoms with van der Waals surface area (Å²) >= 11 is 0. The Morgan fingerprint density at radius 3 is 2.71 bits per heavy atom. The molecule has 4 nitrogen and oxygen atoms in total. The minimum absolute atomic E-state index is 0.360. The fourth-order valence-electron chi connectivity index (χ4n) is 2.86. The van der Waals surface area contributed by atoms with E-state index in [1.165, 1.54) is 11.1 Å². The summed E-state index contributed by atoms with van der Waals surface area (Å²) in [6.45, 7) is 5.01. The molecule has 3 rings (SSSR count). The van der Waals surface area contributed by atoms with E-state index in [1.807, 2.05) is 18.2 Å². The zero-order chi connectivity index (χ0) is 16.8. The highest BCUT2D eigenvalue weighted by molar-refractivity contribution is 5.87. The molecule has 0 unspecified atom stereocenters. The van der Waals surface area contributed by atoms with E-state index in [0.717, 1.165) is 31.7 Å². The predicted octanol–water partition coefficient (Wildman–Crippen LogP) is 3.55. The first-order chi connectivity index (χ1) is 11.8. The molecule has 0 atom stereocenters. The molecule has 0 spiro atoms. The van der Waals surface area contributed by atoms with E-state index >= 15 is 0 Å². The predicted molar refractivity (Wildman–Crippen MR) is 94.5 cm³/mol. The number of nitrogens with zero attached hydrogens (tertiary/aromatic N) is 2. The van der Waals surface area contributed by atoms with Gasteiger partial charge in [0.05, 0.1) is 12.3 Å². The summed E-state index contributed by atoms with van der Waals surface area (Å²) < 4.78 is 5.02. The molecular formula is C20H22N2O2. The highest BCUT2D eigenvalue weighted by atomic mass is 16.5. The van der Waals surface area contributed by atoms with Gasteiger partial charge < -0.3 is 4.74 Å². The van der Waals surface area contributed by atoms with Gasteiger partial charge in [0.1, 0.15) is 5.69 Å². The Morgan fingerprint density at radius 2 is 2.00 bits per heavy atom. The largest absolute Gasteiger partial charge is 0.461 e. The van der Waals surface area contributed by atoms with Crippen molar-refractivity contribution in [1.82, 2.24) is 9.88 Å². The topological polar surface area (TPSA) is 42.4 Å². The van der Waals surface area contributed by atoms with Crippen molar-refractivity contribution >= 4 is 11.5 Å². The van der Waals surface area contributed by atoms with E-state index in [2.05, 4.69) is 40.2 Å². The van der Waals surface area contributed by atoms with Crippen molar-refractivity contribution in [2.45, 2.75) is 19.9 Å². The highest BCUT2D eigenvalue weighted by Crippen LogP contribution is 2.22. The minimum atomic E-state index is -0.360. The van der Waals surface area contributed by atoms with Crippen LogP contribution in [0.4, 0.5) is 0 Å². The molecule has 0 radical (unpaired) electrons. The van der Waals surface area contributed by atoms with Gasteiger partial charge in [0.2, 0.25) is 0 Å². The molecule has 0 fully saturated rings. The smallest absolute Gasteiger partial charge is 0.356 e. The summed E-state index contributed by atoms with van der Waals surface area (Å²) in [7, 11) is 0. The van der Waals surface area contributed by atoms with Crippen molar-refractivity contribution in [2.75, 3.05) is 19.7 Å². The standard InChI is InChI=1S/C20H22N2O2/c1-2-24-20(23)19-10-6-9-18(21-19)17-11-13-22(14-12-17)15-16-7-4-3-5-8-16/h3-11H,2,12-15H2,1H3. The van der Waals surface area contributed by atoms with Crippen LogP contribution in [0.25, 0.3) is 5.57 Å². The lowest BCUT2D eigenvalue weighted by atomic mass is 10.0. The number of esters is 1. The Labute approximate surface area is 142 Å². The van der Waals surface area contributed by atoms with Crippen LogP contribution < -0.4 is 0 Å². The molecule has 1 aromatic heterocycles. The third-order valence-electron chi connectivity index (χ3n) is 4.10. The van der Waals surface area contributed by atoms with Gasteiger partial charge in [-0.05, 0) is 36.6 Å². The lowest BCUT2D eigenvalue weighted by Gasteiger charge is -2.26. The Hall–Kier alpha value is -2.46. The fourth-order valence-corrected chi connectivity index (χ4v) is 2.86. The average Bonchev–Trinajstić information content (AvgIpc) is 2.63. The van der Waals surface area contributed by atoms with E-state index in [-0.39, 0.29) is 5.97 Å². The molecule has 24 heavy (non-hydrogen) atoms. The van der Waals surface area contributed by atoms with Crippen LogP contribution in [0, 0.1) is 0 Å². The molecule has 0 saturated carbocycles. The van der Waals surface area contributed by atoms with E-state index in [1.54, 1.807) is 13.0 Å². The van der Waals surface area contributed by atoms with Crippen molar-refractivity contribution in [1.29, 1.82) is 0 Å². The van der Waals surface area contributed by atoms with Gasteiger partial charge in [-0.1, -0.05) is 42.5 Å².